The van der Waals surface area contributed by atoms with E-state index in [4.69, 9.17) is 0 Å². The predicted octanol–water partition coefficient (Wildman–Crippen LogP) is 3.13. The summed E-state index contributed by atoms with van der Waals surface area (Å²) in [5.74, 6) is 0. The van der Waals surface area contributed by atoms with E-state index in [1.54, 1.807) is 0 Å². The van der Waals surface area contributed by atoms with Crippen molar-refractivity contribution in [3.8, 4) is 0 Å². The minimum atomic E-state index is 0.818. The highest BCUT2D eigenvalue weighted by molar-refractivity contribution is 5.52. The van der Waals surface area contributed by atoms with Crippen LogP contribution in [0.15, 0.2) is 30.5 Å². The molecule has 1 heterocycles. The van der Waals surface area contributed by atoms with Crippen molar-refractivity contribution < 1.29 is 0 Å². The molecule has 3 heteroatoms. The first-order valence-corrected chi connectivity index (χ1v) is 6.02. The van der Waals surface area contributed by atoms with Crippen molar-refractivity contribution in [2.75, 3.05) is 5.32 Å². The van der Waals surface area contributed by atoms with E-state index in [1.807, 2.05) is 10.9 Å². The van der Waals surface area contributed by atoms with Crippen molar-refractivity contribution in [3.05, 3.63) is 47.3 Å². The molecular formula is C14H19N3. The maximum absolute atomic E-state index is 4.26. The minimum Gasteiger partial charge on any atom is -0.379 e. The van der Waals surface area contributed by atoms with Crippen LogP contribution < -0.4 is 5.32 Å². The monoisotopic (exact) mass is 229 g/mol. The van der Waals surface area contributed by atoms with Gasteiger partial charge in [-0.1, -0.05) is 12.1 Å². The van der Waals surface area contributed by atoms with E-state index >= 15 is 0 Å². The first-order chi connectivity index (χ1) is 8.20. The number of benzene rings is 1. The molecule has 90 valence electrons. The maximum atomic E-state index is 4.26. The van der Waals surface area contributed by atoms with E-state index < -0.39 is 0 Å². The molecule has 0 aliphatic carbocycles. The zero-order chi connectivity index (χ0) is 12.3. The number of hydrogen-bond donors (Lipinski definition) is 1. The van der Waals surface area contributed by atoms with Gasteiger partial charge >= 0.3 is 0 Å². The molecule has 0 aliphatic heterocycles. The fraction of sp³-hybridized carbons (Fsp3) is 0.357. The van der Waals surface area contributed by atoms with Crippen molar-refractivity contribution >= 4 is 5.69 Å². The lowest BCUT2D eigenvalue weighted by atomic mass is 10.1. The molecule has 0 bridgehead atoms. The van der Waals surface area contributed by atoms with Gasteiger partial charge in [0.1, 0.15) is 0 Å². The van der Waals surface area contributed by atoms with Crippen LogP contribution in [0.4, 0.5) is 5.69 Å². The molecule has 0 saturated carbocycles. The summed E-state index contributed by atoms with van der Waals surface area (Å²) in [6, 6.07) is 8.52. The Bertz CT molecular complexity index is 500. The highest BCUT2D eigenvalue weighted by atomic mass is 15.3. The van der Waals surface area contributed by atoms with Crippen LogP contribution in [0.3, 0.4) is 0 Å². The summed E-state index contributed by atoms with van der Waals surface area (Å²) < 4.78 is 2.01. The fourth-order valence-corrected chi connectivity index (χ4v) is 1.91. The fourth-order valence-electron chi connectivity index (χ4n) is 1.91. The first-order valence-electron chi connectivity index (χ1n) is 6.02. The third-order valence-corrected chi connectivity index (χ3v) is 2.96. The molecule has 0 spiro atoms. The van der Waals surface area contributed by atoms with Gasteiger partial charge in [-0.05, 0) is 44.0 Å². The van der Waals surface area contributed by atoms with Gasteiger partial charge in [0.05, 0.1) is 12.2 Å². The van der Waals surface area contributed by atoms with Crippen molar-refractivity contribution in [2.24, 2.45) is 0 Å². The zero-order valence-electron chi connectivity index (χ0n) is 10.7. The molecule has 1 N–H and O–H groups in total. The number of nitrogens with zero attached hydrogens (tertiary/aromatic N) is 2. The maximum Gasteiger partial charge on any atom is 0.0575 e. The Kier molecular flexibility index (Phi) is 3.47. The summed E-state index contributed by atoms with van der Waals surface area (Å²) in [6.07, 6.45) is 1.85. The second-order valence-electron chi connectivity index (χ2n) is 4.31. The molecule has 2 rings (SSSR count). The normalized spacial score (nSPS) is 10.5. The van der Waals surface area contributed by atoms with Gasteiger partial charge in [-0.25, -0.2) is 0 Å². The van der Waals surface area contributed by atoms with E-state index in [0.29, 0.717) is 0 Å². The lowest BCUT2D eigenvalue weighted by Gasteiger charge is -2.11. The van der Waals surface area contributed by atoms with E-state index in [1.165, 1.54) is 22.5 Å². The average molecular weight is 229 g/mol. The van der Waals surface area contributed by atoms with Crippen LogP contribution in [0.25, 0.3) is 0 Å². The number of anilines is 1. The molecule has 17 heavy (non-hydrogen) atoms. The molecule has 1 aromatic heterocycles. The quantitative estimate of drug-likeness (QED) is 0.873. The van der Waals surface area contributed by atoms with E-state index in [9.17, 15) is 0 Å². The largest absolute Gasteiger partial charge is 0.379 e. The van der Waals surface area contributed by atoms with Gasteiger partial charge in [-0.3, -0.25) is 4.68 Å². The molecule has 0 fully saturated rings. The third-order valence-electron chi connectivity index (χ3n) is 2.96. The van der Waals surface area contributed by atoms with Gasteiger partial charge in [0.25, 0.3) is 0 Å². The molecule has 3 nitrogen and oxygen atoms in total. The number of nitrogens with one attached hydrogen (secondary N) is 1. The molecule has 2 aromatic rings. The second kappa shape index (κ2) is 5.04. The van der Waals surface area contributed by atoms with Gasteiger partial charge < -0.3 is 5.32 Å². The Hall–Kier alpha value is -1.77. The van der Waals surface area contributed by atoms with Crippen LogP contribution in [-0.2, 0) is 13.1 Å². The van der Waals surface area contributed by atoms with Crippen LogP contribution in [0.1, 0.15) is 23.7 Å². The van der Waals surface area contributed by atoms with Crippen molar-refractivity contribution in [3.63, 3.8) is 0 Å². The van der Waals surface area contributed by atoms with Crippen molar-refractivity contribution in [1.82, 2.24) is 9.78 Å². The minimum absolute atomic E-state index is 0.818. The van der Waals surface area contributed by atoms with Gasteiger partial charge in [0, 0.05) is 18.4 Å². The lowest BCUT2D eigenvalue weighted by molar-refractivity contribution is 0.627. The third kappa shape index (κ3) is 2.67. The molecule has 0 radical (unpaired) electrons. The van der Waals surface area contributed by atoms with Gasteiger partial charge in [0.2, 0.25) is 0 Å². The Labute approximate surface area is 102 Å². The van der Waals surface area contributed by atoms with Gasteiger partial charge in [-0.15, -0.1) is 0 Å². The number of aryl methyl sites for hydroxylation is 3. The summed E-state index contributed by atoms with van der Waals surface area (Å²) in [6.45, 7) is 8.07. The zero-order valence-corrected chi connectivity index (χ0v) is 10.7. The molecule has 0 atom stereocenters. The van der Waals surface area contributed by atoms with Gasteiger partial charge in [0.15, 0.2) is 0 Å². The van der Waals surface area contributed by atoms with Crippen molar-refractivity contribution in [2.45, 2.75) is 33.9 Å². The van der Waals surface area contributed by atoms with E-state index in [2.05, 4.69) is 55.5 Å². The summed E-state index contributed by atoms with van der Waals surface area (Å²) in [5.41, 5.74) is 4.97. The van der Waals surface area contributed by atoms with Crippen LogP contribution in [-0.4, -0.2) is 9.78 Å². The molecule has 0 aliphatic rings. The Balaban J connectivity index is 2.09. The first kappa shape index (κ1) is 11.7. The van der Waals surface area contributed by atoms with Gasteiger partial charge in [-0.2, -0.15) is 5.10 Å². The molecule has 0 unspecified atom stereocenters. The second-order valence-corrected chi connectivity index (χ2v) is 4.31. The van der Waals surface area contributed by atoms with E-state index in [-0.39, 0.29) is 0 Å². The Morgan fingerprint density at radius 1 is 1.24 bits per heavy atom. The number of hydrogen-bond acceptors (Lipinski definition) is 2. The molecule has 1 aromatic carbocycles. The summed E-state index contributed by atoms with van der Waals surface area (Å²) in [5, 5.41) is 7.73. The topological polar surface area (TPSA) is 29.9 Å². The molecular weight excluding hydrogens is 210 g/mol. The highest BCUT2D eigenvalue weighted by Crippen LogP contribution is 2.17. The molecule has 0 saturated heterocycles. The summed E-state index contributed by atoms with van der Waals surface area (Å²) in [7, 11) is 0. The molecule has 0 amide bonds. The Morgan fingerprint density at radius 2 is 2.06 bits per heavy atom. The number of rotatable bonds is 4. The van der Waals surface area contributed by atoms with Crippen LogP contribution in [0, 0.1) is 13.8 Å². The van der Waals surface area contributed by atoms with Crippen LogP contribution in [0.2, 0.25) is 0 Å². The number of aromatic nitrogens is 2. The summed E-state index contributed by atoms with van der Waals surface area (Å²) in [4.78, 5) is 0. The SMILES string of the molecule is CCn1nccc1CNc1cc(C)ccc1C. The summed E-state index contributed by atoms with van der Waals surface area (Å²) >= 11 is 0. The standard InChI is InChI=1S/C14H19N3/c1-4-17-13(7-8-16-17)10-15-14-9-11(2)5-6-12(14)3/h5-9,15H,4,10H2,1-3H3. The van der Waals surface area contributed by atoms with Crippen LogP contribution in [0.5, 0.6) is 0 Å². The Morgan fingerprint density at radius 3 is 2.82 bits per heavy atom. The average Bonchev–Trinajstić information content (AvgIpc) is 2.77. The predicted molar refractivity (Wildman–Crippen MR) is 71.1 cm³/mol. The lowest BCUT2D eigenvalue weighted by Crippen LogP contribution is -2.08. The highest BCUT2D eigenvalue weighted by Gasteiger charge is 2.02. The van der Waals surface area contributed by atoms with E-state index in [0.717, 1.165) is 13.1 Å². The van der Waals surface area contributed by atoms with Crippen LogP contribution >= 0.6 is 0 Å². The van der Waals surface area contributed by atoms with Crippen molar-refractivity contribution in [1.29, 1.82) is 0 Å². The smallest absolute Gasteiger partial charge is 0.0575 e.